The summed E-state index contributed by atoms with van der Waals surface area (Å²) in [7, 11) is 0. The highest BCUT2D eigenvalue weighted by Gasteiger charge is 2.32. The number of hydrogen-bond acceptors (Lipinski definition) is 15. The van der Waals surface area contributed by atoms with Crippen molar-refractivity contribution < 1.29 is 72.0 Å². The van der Waals surface area contributed by atoms with Crippen LogP contribution in [0.3, 0.4) is 0 Å². The lowest BCUT2D eigenvalue weighted by Crippen LogP contribution is -1.99. The first-order valence-corrected chi connectivity index (χ1v) is 17.5. The van der Waals surface area contributed by atoms with E-state index < -0.39 is 73.0 Å². The number of hydrogen-bond donors (Lipinski definition) is 5. The summed E-state index contributed by atoms with van der Waals surface area (Å²) in [6.07, 6.45) is 3.15. The van der Waals surface area contributed by atoms with Crippen molar-refractivity contribution in [1.29, 1.82) is 0 Å². The molecule has 0 aliphatic carbocycles. The van der Waals surface area contributed by atoms with E-state index in [1.54, 1.807) is 0 Å². The van der Waals surface area contributed by atoms with Gasteiger partial charge in [0.1, 0.15) is 27.2 Å². The molecule has 0 aromatic carbocycles. The fourth-order valence-corrected chi connectivity index (χ4v) is 3.90. The van der Waals surface area contributed by atoms with E-state index in [1.165, 1.54) is 6.26 Å². The molecule has 0 spiro atoms. The van der Waals surface area contributed by atoms with Crippen LogP contribution in [0.2, 0.25) is 0 Å². The second-order valence-corrected chi connectivity index (χ2v) is 10.3. The summed E-state index contributed by atoms with van der Waals surface area (Å²) < 4.78 is 18.4. The number of aromatic carboxylic acids is 4. The van der Waals surface area contributed by atoms with E-state index in [0.29, 0.717) is 4.47 Å². The third-order valence-corrected chi connectivity index (χ3v) is 7.28. The molecule has 0 amide bonds. The molecule has 0 fully saturated rings. The van der Waals surface area contributed by atoms with Gasteiger partial charge in [-0.05, 0) is 63.7 Å². The number of halogens is 6. The maximum atomic E-state index is 10.5. The summed E-state index contributed by atoms with van der Waals surface area (Å²) in [5.74, 6) is -7.81. The van der Waals surface area contributed by atoms with E-state index >= 15 is 0 Å². The van der Waals surface area contributed by atoms with Gasteiger partial charge in [-0.1, -0.05) is 0 Å². The Bertz CT molecular complexity index is 1800. The Labute approximate surface area is 310 Å². The Morgan fingerprint density at radius 3 is 1.38 bits per heavy atom. The number of nitrogen functional groups attached to an aromatic ring is 1. The molecule has 6 N–H and O–H groups in total. The highest BCUT2D eigenvalue weighted by atomic mass is 80.9. The van der Waals surface area contributed by atoms with Crippen LogP contribution >= 0.6 is 92.0 Å². The van der Waals surface area contributed by atoms with Gasteiger partial charge < -0.3 is 43.8 Å². The van der Waals surface area contributed by atoms with Gasteiger partial charge in [0, 0.05) is 28.3 Å². The molecule has 0 saturated carbocycles. The number of anilines is 1. The van der Waals surface area contributed by atoms with E-state index in [2.05, 4.69) is 110 Å². The smallest absolute Gasteiger partial charge is 0.379 e. The molecule has 0 unspecified atom stereocenters. The third-order valence-electron chi connectivity index (χ3n) is 4.27. The van der Waals surface area contributed by atoms with Crippen LogP contribution in [0.5, 0.6) is 0 Å². The molecular formula is C20H10Br6N4O18. The van der Waals surface area contributed by atoms with Gasteiger partial charge in [-0.25, -0.2) is 19.2 Å². The number of nitrogens with two attached hydrogens (primary N) is 1. The van der Waals surface area contributed by atoms with Crippen LogP contribution in [0, 0.1) is 30.3 Å². The average Bonchev–Trinajstić information content (AvgIpc) is 3.78. The Hall–Kier alpha value is -4.12. The molecule has 260 valence electrons. The van der Waals surface area contributed by atoms with Gasteiger partial charge >= 0.3 is 40.9 Å². The monoisotopic (exact) mass is 1070 g/mol. The van der Waals surface area contributed by atoms with Crippen LogP contribution in [-0.2, 0) is 0 Å². The van der Waals surface area contributed by atoms with Crippen molar-refractivity contribution in [3.05, 3.63) is 96.3 Å². The summed E-state index contributed by atoms with van der Waals surface area (Å²) in [5, 5.41) is 64.3. The summed E-state index contributed by atoms with van der Waals surface area (Å²) in [4.78, 5) is 69.5. The first kappa shape index (κ1) is 43.9. The van der Waals surface area contributed by atoms with E-state index in [4.69, 9.17) is 26.2 Å². The zero-order valence-electron chi connectivity index (χ0n) is 22.0. The average molecular weight is 1070 g/mol. The van der Waals surface area contributed by atoms with Gasteiger partial charge in [-0.2, -0.15) is 0 Å². The maximum Gasteiger partial charge on any atom is 0.379 e. The fraction of sp³-hybridized carbons (Fsp3) is 0. The minimum absolute atomic E-state index is 0.0170. The fourth-order valence-electron chi connectivity index (χ4n) is 2.45. The molecule has 22 nitrogen and oxygen atoms in total. The van der Waals surface area contributed by atoms with Gasteiger partial charge in [-0.3, -0.25) is 30.3 Å². The topological polar surface area (TPSA) is 357 Å². The highest BCUT2D eigenvalue weighted by molar-refractivity contribution is 9.93. The van der Waals surface area contributed by atoms with E-state index in [9.17, 15) is 49.5 Å². The Morgan fingerprint density at radius 1 is 0.646 bits per heavy atom. The molecule has 0 aliphatic heterocycles. The Kier molecular flexibility index (Phi) is 18.6. The lowest BCUT2D eigenvalue weighted by atomic mass is 10.4. The quantitative estimate of drug-likeness (QED) is 0.0865. The van der Waals surface area contributed by atoms with Crippen molar-refractivity contribution >= 4 is 139 Å². The second kappa shape index (κ2) is 20.3. The molecule has 0 radical (unpaired) electrons. The first-order chi connectivity index (χ1) is 22.2. The molecule has 0 bridgehead atoms. The Balaban J connectivity index is 0.000000605. The number of nitro groups is 3. The third kappa shape index (κ3) is 12.2. The minimum Gasteiger partial charge on any atom is -0.475 e. The molecule has 48 heavy (non-hydrogen) atoms. The molecule has 4 rings (SSSR count). The number of carboxylic acid groups (broad SMARTS) is 4. The number of carbonyl (C=O) groups is 4. The maximum absolute atomic E-state index is 10.5. The van der Waals surface area contributed by atoms with Crippen molar-refractivity contribution in [2.45, 2.75) is 0 Å². The van der Waals surface area contributed by atoms with Crippen molar-refractivity contribution in [3.8, 4) is 0 Å². The summed E-state index contributed by atoms with van der Waals surface area (Å²) in [6, 6.07) is 0.990. The van der Waals surface area contributed by atoms with Crippen LogP contribution in [0.25, 0.3) is 0 Å². The summed E-state index contributed by atoms with van der Waals surface area (Å²) >= 11 is 16.9. The van der Waals surface area contributed by atoms with Crippen molar-refractivity contribution in [2.24, 2.45) is 0 Å². The number of nitrogens with zero attached hydrogens (tertiary/aromatic N) is 3. The molecule has 28 heteroatoms. The number of rotatable bonds is 7. The van der Waals surface area contributed by atoms with Crippen LogP contribution < -0.4 is 5.73 Å². The van der Waals surface area contributed by atoms with Gasteiger partial charge in [0.05, 0.1) is 31.6 Å². The normalized spacial score (nSPS) is 9.46. The van der Waals surface area contributed by atoms with Gasteiger partial charge in [0.25, 0.3) is 17.3 Å². The molecule has 4 heterocycles. The van der Waals surface area contributed by atoms with E-state index in [-0.39, 0.29) is 25.1 Å². The van der Waals surface area contributed by atoms with Gasteiger partial charge in [0.2, 0.25) is 5.76 Å². The van der Waals surface area contributed by atoms with Gasteiger partial charge in [-0.15, -0.1) is 0 Å². The van der Waals surface area contributed by atoms with Crippen LogP contribution in [0.4, 0.5) is 22.7 Å². The van der Waals surface area contributed by atoms with E-state index in [0.717, 1.165) is 18.6 Å². The zero-order chi connectivity index (χ0) is 37.6. The minimum atomic E-state index is -1.49. The van der Waals surface area contributed by atoms with Crippen LogP contribution in [-0.4, -0.2) is 59.1 Å². The highest BCUT2D eigenvalue weighted by Crippen LogP contribution is 2.38. The molecule has 0 saturated heterocycles. The van der Waals surface area contributed by atoms with E-state index in [1.807, 2.05) is 0 Å². The first-order valence-electron chi connectivity index (χ1n) is 10.6. The molecule has 0 aliphatic rings. The molecular weight excluding hydrogens is 1060 g/mol. The SMILES string of the molecule is BrBr.Nc1c(Br)coc1C(=O)O.O=C(O)c1oc(Br)c(Br)c1[N+](=O)[O-].O=C(O)c1occ(Br)c1[N+](=O)[O-].O=C(O)c1occc1[N+](=O)[O-]. The summed E-state index contributed by atoms with van der Waals surface area (Å²) in [5.41, 5.74) is 3.71. The van der Waals surface area contributed by atoms with Crippen molar-refractivity contribution in [2.75, 3.05) is 5.73 Å². The molecule has 4 aromatic rings. The standard InChI is InChI=1S/C5HBr2NO5.C5H2BrNO5.C5H4BrNO3.C5H3NO5.Br2/c6-1-2(8(11)12)3(5(9)10)13-4(1)7;6-2-1-12-4(5(8)9)3(2)7(10)11;6-2-1-10-4(3(2)7)5(8)9;7-5(8)4-3(6(9)10)1-2-11-4;1-2/h(H,9,10);1H,(H,8,9);1H,7H2,(H,8,9);1-2H,(H,7,8);. The number of furan rings is 4. The summed E-state index contributed by atoms with van der Waals surface area (Å²) in [6.45, 7) is 0. The predicted molar refractivity (Wildman–Crippen MR) is 176 cm³/mol. The molecule has 0 atom stereocenters. The largest absolute Gasteiger partial charge is 0.475 e. The van der Waals surface area contributed by atoms with Crippen molar-refractivity contribution in [1.82, 2.24) is 0 Å². The predicted octanol–water partition coefficient (Wildman–Crippen LogP) is 7.96. The van der Waals surface area contributed by atoms with Crippen molar-refractivity contribution in [3.63, 3.8) is 0 Å². The van der Waals surface area contributed by atoms with Gasteiger partial charge in [0.15, 0.2) is 4.67 Å². The van der Waals surface area contributed by atoms with Crippen LogP contribution in [0.1, 0.15) is 42.2 Å². The van der Waals surface area contributed by atoms with Crippen LogP contribution in [0.15, 0.2) is 60.6 Å². The lowest BCUT2D eigenvalue weighted by molar-refractivity contribution is -0.386. The lowest BCUT2D eigenvalue weighted by Gasteiger charge is -1.87. The second-order valence-electron chi connectivity index (χ2n) is 7.08. The Morgan fingerprint density at radius 2 is 1.08 bits per heavy atom. The zero-order valence-corrected chi connectivity index (χ0v) is 31.5. The molecule has 4 aromatic heterocycles. The number of carboxylic acids is 4.